The summed E-state index contributed by atoms with van der Waals surface area (Å²) in [7, 11) is 1.40. The molecule has 4 rings (SSSR count). The maximum absolute atomic E-state index is 14.6. The standard InChI is InChI=1S/C24H24FN5O5/c1-34-16-6-7-19(18(25)12-16)28-22-17(21(26)23(27)32)8-9-30(24(22)33)15-4-2-14(3-5-15)29-10-11-35-13-20(29)31/h2-7,12H,8-11,13,26H2,1H3,(H2,27,32). The molecule has 0 radical (unpaired) electrons. The fourth-order valence-electron chi connectivity index (χ4n) is 3.90. The summed E-state index contributed by atoms with van der Waals surface area (Å²) in [6.07, 6.45) is 0.181. The van der Waals surface area contributed by atoms with Crippen molar-refractivity contribution in [3.8, 4) is 5.75 Å². The van der Waals surface area contributed by atoms with Gasteiger partial charge in [-0.05, 0) is 42.8 Å². The van der Waals surface area contributed by atoms with Crippen molar-refractivity contribution in [1.82, 2.24) is 0 Å². The highest BCUT2D eigenvalue weighted by Gasteiger charge is 2.33. The molecule has 10 nitrogen and oxygen atoms in total. The van der Waals surface area contributed by atoms with Crippen molar-refractivity contribution in [3.63, 3.8) is 0 Å². The zero-order valence-electron chi connectivity index (χ0n) is 19.0. The summed E-state index contributed by atoms with van der Waals surface area (Å²) in [4.78, 5) is 44.6. The van der Waals surface area contributed by atoms with Crippen LogP contribution >= 0.6 is 0 Å². The van der Waals surface area contributed by atoms with Crippen LogP contribution in [-0.4, -0.2) is 56.8 Å². The summed E-state index contributed by atoms with van der Waals surface area (Å²) in [5.74, 6) is -2.04. The minimum absolute atomic E-state index is 0.0184. The van der Waals surface area contributed by atoms with Crippen molar-refractivity contribution in [2.24, 2.45) is 16.5 Å². The molecule has 0 unspecified atom stereocenters. The molecule has 0 aromatic heterocycles. The first kappa shape index (κ1) is 23.9. The van der Waals surface area contributed by atoms with Crippen LogP contribution in [-0.2, 0) is 19.1 Å². The van der Waals surface area contributed by atoms with Gasteiger partial charge in [-0.15, -0.1) is 0 Å². The Hall–Kier alpha value is -4.25. The molecule has 11 heteroatoms. The van der Waals surface area contributed by atoms with Gasteiger partial charge in [0.05, 0.1) is 19.4 Å². The summed E-state index contributed by atoms with van der Waals surface area (Å²) in [6, 6.07) is 10.9. The van der Waals surface area contributed by atoms with Crippen molar-refractivity contribution >= 4 is 40.5 Å². The van der Waals surface area contributed by atoms with E-state index in [2.05, 4.69) is 4.99 Å². The van der Waals surface area contributed by atoms with Gasteiger partial charge in [0.2, 0.25) is 0 Å². The van der Waals surface area contributed by atoms with Crippen LogP contribution in [0.5, 0.6) is 5.75 Å². The van der Waals surface area contributed by atoms with Gasteiger partial charge in [-0.1, -0.05) is 0 Å². The molecule has 0 aliphatic carbocycles. The molecule has 2 aromatic rings. The SMILES string of the molecule is COc1ccc(N=C2C(=O)N(c3ccc(N4CCOCC4=O)cc3)CCC2=C(N)C(N)=O)c(F)c1. The summed E-state index contributed by atoms with van der Waals surface area (Å²) >= 11 is 0. The van der Waals surface area contributed by atoms with Crippen LogP contribution in [0.3, 0.4) is 0 Å². The minimum atomic E-state index is -0.899. The lowest BCUT2D eigenvalue weighted by atomic mass is 9.97. The van der Waals surface area contributed by atoms with Gasteiger partial charge in [0.25, 0.3) is 17.7 Å². The number of ether oxygens (including phenoxy) is 2. The second kappa shape index (κ2) is 9.94. The van der Waals surface area contributed by atoms with E-state index in [-0.39, 0.29) is 53.9 Å². The zero-order valence-corrected chi connectivity index (χ0v) is 19.0. The lowest BCUT2D eigenvalue weighted by molar-refractivity contribution is -0.125. The molecule has 2 saturated heterocycles. The van der Waals surface area contributed by atoms with E-state index in [0.29, 0.717) is 24.5 Å². The van der Waals surface area contributed by atoms with Crippen LogP contribution in [0.4, 0.5) is 21.5 Å². The van der Waals surface area contributed by atoms with Gasteiger partial charge in [-0.3, -0.25) is 14.4 Å². The number of anilines is 2. The van der Waals surface area contributed by atoms with E-state index < -0.39 is 17.6 Å². The van der Waals surface area contributed by atoms with Gasteiger partial charge in [0.15, 0.2) is 5.82 Å². The summed E-state index contributed by atoms with van der Waals surface area (Å²) < 4.78 is 24.7. The highest BCUT2D eigenvalue weighted by molar-refractivity contribution is 6.51. The number of carbonyl (C=O) groups excluding carboxylic acids is 3. The van der Waals surface area contributed by atoms with Crippen LogP contribution in [0.25, 0.3) is 0 Å². The Kier molecular flexibility index (Phi) is 6.78. The van der Waals surface area contributed by atoms with Crippen molar-refractivity contribution in [1.29, 1.82) is 0 Å². The number of nitrogens with two attached hydrogens (primary N) is 2. The van der Waals surface area contributed by atoms with Gasteiger partial charge < -0.3 is 30.7 Å². The number of nitrogens with zero attached hydrogens (tertiary/aromatic N) is 3. The van der Waals surface area contributed by atoms with Crippen LogP contribution in [0.15, 0.2) is 58.7 Å². The van der Waals surface area contributed by atoms with Gasteiger partial charge in [-0.2, -0.15) is 0 Å². The number of hydrogen-bond acceptors (Lipinski definition) is 7. The zero-order chi connectivity index (χ0) is 25.1. The number of benzene rings is 2. The second-order valence-electron chi connectivity index (χ2n) is 7.86. The normalized spacial score (nSPS) is 19.2. The molecule has 3 amide bonds. The topological polar surface area (TPSA) is 141 Å². The number of aliphatic imine (C=N–C) groups is 1. The van der Waals surface area contributed by atoms with E-state index in [1.807, 2.05) is 0 Å². The Balaban J connectivity index is 1.69. The number of amides is 3. The molecule has 0 atom stereocenters. The lowest BCUT2D eigenvalue weighted by Gasteiger charge is -2.31. The Bertz CT molecular complexity index is 1240. The van der Waals surface area contributed by atoms with Crippen molar-refractivity contribution in [2.75, 3.05) is 43.2 Å². The number of morpholine rings is 1. The number of halogens is 1. The number of carbonyl (C=O) groups is 3. The highest BCUT2D eigenvalue weighted by atomic mass is 19.1. The first-order valence-electron chi connectivity index (χ1n) is 10.8. The number of primary amides is 1. The summed E-state index contributed by atoms with van der Waals surface area (Å²) in [6.45, 7) is 1.09. The van der Waals surface area contributed by atoms with Crippen LogP contribution < -0.4 is 26.0 Å². The van der Waals surface area contributed by atoms with Crippen LogP contribution in [0, 0.1) is 5.82 Å². The van der Waals surface area contributed by atoms with E-state index in [0.717, 1.165) is 6.07 Å². The van der Waals surface area contributed by atoms with Gasteiger partial charge in [-0.25, -0.2) is 9.38 Å². The largest absolute Gasteiger partial charge is 0.497 e. The molecule has 2 aliphatic rings. The Morgan fingerprint density at radius 2 is 1.74 bits per heavy atom. The van der Waals surface area contributed by atoms with Crippen LogP contribution in [0.2, 0.25) is 0 Å². The molecule has 35 heavy (non-hydrogen) atoms. The third-order valence-corrected chi connectivity index (χ3v) is 5.76. The third-order valence-electron chi connectivity index (χ3n) is 5.76. The maximum atomic E-state index is 14.6. The van der Waals surface area contributed by atoms with Crippen molar-refractivity contribution in [3.05, 3.63) is 59.6 Å². The quantitative estimate of drug-likeness (QED) is 0.619. The van der Waals surface area contributed by atoms with E-state index in [1.54, 1.807) is 29.2 Å². The average Bonchev–Trinajstić information content (AvgIpc) is 2.86. The third kappa shape index (κ3) is 4.85. The summed E-state index contributed by atoms with van der Waals surface area (Å²) in [5, 5.41) is 0. The molecule has 2 heterocycles. The fraction of sp³-hybridized carbons (Fsp3) is 0.250. The van der Waals surface area contributed by atoms with Crippen LogP contribution in [0.1, 0.15) is 6.42 Å². The maximum Gasteiger partial charge on any atom is 0.277 e. The molecule has 0 saturated carbocycles. The molecular formula is C24H24FN5O5. The predicted molar refractivity (Wildman–Crippen MR) is 127 cm³/mol. The number of hydrogen-bond donors (Lipinski definition) is 2. The Morgan fingerprint density at radius 3 is 2.34 bits per heavy atom. The van der Waals surface area contributed by atoms with Crippen molar-refractivity contribution in [2.45, 2.75) is 6.42 Å². The number of methoxy groups -OCH3 is 1. The van der Waals surface area contributed by atoms with E-state index >= 15 is 0 Å². The molecule has 0 spiro atoms. The van der Waals surface area contributed by atoms with Gasteiger partial charge in [0.1, 0.15) is 23.8 Å². The van der Waals surface area contributed by atoms with E-state index in [9.17, 15) is 18.8 Å². The monoisotopic (exact) mass is 481 g/mol. The van der Waals surface area contributed by atoms with Gasteiger partial charge >= 0.3 is 0 Å². The molecule has 2 aromatic carbocycles. The molecule has 0 bridgehead atoms. The minimum Gasteiger partial charge on any atom is -0.497 e. The fourth-order valence-corrected chi connectivity index (χ4v) is 3.90. The van der Waals surface area contributed by atoms with E-state index in [4.69, 9.17) is 20.9 Å². The van der Waals surface area contributed by atoms with Gasteiger partial charge in [0, 0.05) is 36.1 Å². The Morgan fingerprint density at radius 1 is 1.06 bits per heavy atom. The lowest BCUT2D eigenvalue weighted by Crippen LogP contribution is -2.45. The number of rotatable bonds is 5. The van der Waals surface area contributed by atoms with Crippen molar-refractivity contribution < 1.29 is 28.2 Å². The van der Waals surface area contributed by atoms with E-state index in [1.165, 1.54) is 24.1 Å². The Labute approximate surface area is 200 Å². The molecule has 182 valence electrons. The summed E-state index contributed by atoms with van der Waals surface area (Å²) in [5.41, 5.74) is 12.0. The highest BCUT2D eigenvalue weighted by Crippen LogP contribution is 2.30. The second-order valence-corrected chi connectivity index (χ2v) is 7.86. The molecule has 2 aliphatic heterocycles. The first-order valence-corrected chi connectivity index (χ1v) is 10.8. The molecule has 4 N–H and O–H groups in total. The smallest absolute Gasteiger partial charge is 0.277 e. The predicted octanol–water partition coefficient (Wildman–Crippen LogP) is 1.40. The molecular weight excluding hydrogens is 457 g/mol. The molecule has 2 fully saturated rings. The average molecular weight is 481 g/mol. The first-order chi connectivity index (χ1) is 16.8. The number of piperidine rings is 1.